The standard InChI is InChI=1S/C24BF20.C2H6O.Li/c26-5-1(6(27)14(35)21(42)13(5)34)25(2-7(28)15(36)22(43)16(37)8(2)29,3-9(30)17(38)23(44)18(39)10(3)31)4-11(32)19(40)24(45)20(41)12(4)33;1-2-3;/h;3H,2H2,1H3;/q-1;;+1. The van der Waals surface area contributed by atoms with Crippen LogP contribution in [0.2, 0.25) is 0 Å². The summed E-state index contributed by atoms with van der Waals surface area (Å²) in [7, 11) is 0. The van der Waals surface area contributed by atoms with Gasteiger partial charge in [0.05, 0.1) is 0 Å². The average Bonchev–Trinajstić information content (AvgIpc) is 3.04. The van der Waals surface area contributed by atoms with Crippen LogP contribution in [0.25, 0.3) is 0 Å². The summed E-state index contributed by atoms with van der Waals surface area (Å²) < 4.78 is 294. The second-order valence-corrected chi connectivity index (χ2v) is 9.12. The molecule has 0 aromatic heterocycles. The van der Waals surface area contributed by atoms with Gasteiger partial charge >= 0.3 is 18.9 Å². The molecule has 4 rings (SSSR count). The third kappa shape index (κ3) is 5.80. The molecule has 0 aliphatic rings. The van der Waals surface area contributed by atoms with Crippen molar-refractivity contribution in [1.29, 1.82) is 0 Å². The van der Waals surface area contributed by atoms with Gasteiger partial charge in [-0.05, 0) is 6.92 Å². The van der Waals surface area contributed by atoms with Gasteiger partial charge in [-0.1, -0.05) is 0 Å². The molecular weight excluding hydrogens is 726 g/mol. The van der Waals surface area contributed by atoms with E-state index in [4.69, 9.17) is 5.11 Å². The van der Waals surface area contributed by atoms with E-state index >= 15 is 35.1 Å². The molecule has 0 radical (unpaired) electrons. The molecule has 0 unspecified atom stereocenters. The van der Waals surface area contributed by atoms with E-state index in [9.17, 15) is 52.7 Å². The molecule has 260 valence electrons. The Morgan fingerprint density at radius 3 is 0.469 bits per heavy atom. The molecule has 0 bridgehead atoms. The fraction of sp³-hybridized carbons (Fsp3) is 0.0769. The third-order valence-electron chi connectivity index (χ3n) is 6.71. The van der Waals surface area contributed by atoms with E-state index in [0.29, 0.717) is 0 Å². The van der Waals surface area contributed by atoms with Gasteiger partial charge in [0.15, 0.2) is 69.8 Å². The summed E-state index contributed by atoms with van der Waals surface area (Å²) in [5, 5.41) is 7.57. The molecule has 0 atom stereocenters. The first kappa shape index (κ1) is 41.3. The van der Waals surface area contributed by atoms with Gasteiger partial charge in [-0.25, -0.2) is 87.8 Å². The van der Waals surface area contributed by atoms with E-state index in [-0.39, 0.29) is 25.5 Å². The third-order valence-corrected chi connectivity index (χ3v) is 6.71. The summed E-state index contributed by atoms with van der Waals surface area (Å²) in [5.74, 6) is -71.4. The van der Waals surface area contributed by atoms with Crippen LogP contribution in [0.5, 0.6) is 0 Å². The van der Waals surface area contributed by atoms with Crippen molar-refractivity contribution in [2.75, 3.05) is 6.61 Å². The fourth-order valence-corrected chi connectivity index (χ4v) is 4.87. The minimum absolute atomic E-state index is 0. The van der Waals surface area contributed by atoms with Crippen LogP contribution in [0.3, 0.4) is 0 Å². The van der Waals surface area contributed by atoms with Crippen molar-refractivity contribution in [2.24, 2.45) is 0 Å². The van der Waals surface area contributed by atoms with Crippen LogP contribution < -0.4 is 40.7 Å². The van der Waals surface area contributed by atoms with Gasteiger partial charge < -0.3 is 5.11 Å². The largest absolute Gasteiger partial charge is 1.00 e. The molecular formula is C26H6BF20LiO. The smallest absolute Gasteiger partial charge is 0.397 e. The maximum atomic E-state index is 15.4. The van der Waals surface area contributed by atoms with Gasteiger partial charge in [0.1, 0.15) is 52.7 Å². The number of hydrogen-bond acceptors (Lipinski definition) is 1. The maximum Gasteiger partial charge on any atom is 1.00 e. The molecule has 23 heteroatoms. The molecule has 0 aliphatic heterocycles. The van der Waals surface area contributed by atoms with Crippen LogP contribution in [0, 0.1) is 116 Å². The van der Waals surface area contributed by atoms with Crippen molar-refractivity contribution in [2.45, 2.75) is 6.92 Å². The Balaban J connectivity index is 0.00000201. The molecule has 1 N–H and O–H groups in total. The van der Waals surface area contributed by atoms with Gasteiger partial charge in [0, 0.05) is 6.61 Å². The van der Waals surface area contributed by atoms with E-state index in [2.05, 4.69) is 0 Å². The molecule has 4 aromatic rings. The monoisotopic (exact) mass is 732 g/mol. The molecule has 0 aliphatic carbocycles. The van der Waals surface area contributed by atoms with Crippen LogP contribution in [-0.4, -0.2) is 17.9 Å². The first-order chi connectivity index (χ1) is 22.1. The minimum Gasteiger partial charge on any atom is -0.397 e. The molecule has 0 amide bonds. The Morgan fingerprint density at radius 1 is 0.286 bits per heavy atom. The molecule has 0 saturated carbocycles. The van der Waals surface area contributed by atoms with Gasteiger partial charge in [0.25, 0.3) is 0 Å². The Kier molecular flexibility index (Phi) is 12.2. The Labute approximate surface area is 269 Å². The minimum atomic E-state index is -7.22. The Morgan fingerprint density at radius 2 is 0.367 bits per heavy atom. The quantitative estimate of drug-likeness (QED) is 0.148. The summed E-state index contributed by atoms with van der Waals surface area (Å²) in [6.45, 7) is 1.93. The number of benzene rings is 4. The fourth-order valence-electron chi connectivity index (χ4n) is 4.87. The molecule has 1 nitrogen and oxygen atoms in total. The average molecular weight is 732 g/mol. The van der Waals surface area contributed by atoms with E-state index in [0.717, 1.165) is 0 Å². The second kappa shape index (κ2) is 14.5. The molecule has 0 heterocycles. The molecule has 0 fully saturated rings. The van der Waals surface area contributed by atoms with Crippen molar-refractivity contribution in [3.63, 3.8) is 0 Å². The normalized spacial score (nSPS) is 11.4. The van der Waals surface area contributed by atoms with Crippen LogP contribution in [0.1, 0.15) is 6.92 Å². The Hall–Kier alpha value is -3.90. The van der Waals surface area contributed by atoms with E-state index in [1.807, 2.05) is 0 Å². The first-order valence-corrected chi connectivity index (χ1v) is 12.0. The van der Waals surface area contributed by atoms with Crippen LogP contribution in [-0.2, 0) is 0 Å². The van der Waals surface area contributed by atoms with Gasteiger partial charge in [0.2, 0.25) is 0 Å². The van der Waals surface area contributed by atoms with Crippen LogP contribution in [0.15, 0.2) is 0 Å². The number of hydrogen-bond donors (Lipinski definition) is 1. The van der Waals surface area contributed by atoms with Crippen molar-refractivity contribution in [3.8, 4) is 0 Å². The molecule has 49 heavy (non-hydrogen) atoms. The van der Waals surface area contributed by atoms with Gasteiger partial charge in [-0.2, -0.15) is 0 Å². The van der Waals surface area contributed by atoms with E-state index < -0.39 is 144 Å². The van der Waals surface area contributed by atoms with Crippen molar-refractivity contribution in [3.05, 3.63) is 116 Å². The summed E-state index contributed by atoms with van der Waals surface area (Å²) in [6.07, 6.45) is -7.22. The zero-order valence-corrected chi connectivity index (χ0v) is 23.3. The summed E-state index contributed by atoms with van der Waals surface area (Å²) in [5.41, 5.74) is -14.3. The Bertz CT molecular complexity index is 1600. The molecule has 4 aromatic carbocycles. The van der Waals surface area contributed by atoms with Crippen LogP contribution >= 0.6 is 0 Å². The van der Waals surface area contributed by atoms with Crippen molar-refractivity contribution < 1.29 is 112 Å². The summed E-state index contributed by atoms with van der Waals surface area (Å²) in [6, 6.07) is 0. The van der Waals surface area contributed by atoms with E-state index in [1.54, 1.807) is 6.92 Å². The van der Waals surface area contributed by atoms with Gasteiger partial charge in [-0.15, -0.1) is 21.9 Å². The summed E-state index contributed by atoms with van der Waals surface area (Å²) >= 11 is 0. The predicted octanol–water partition coefficient (Wildman–Crippen LogP) is 2.85. The van der Waals surface area contributed by atoms with Gasteiger partial charge in [-0.3, -0.25) is 0 Å². The number of aliphatic hydroxyl groups excluding tert-OH is 1. The van der Waals surface area contributed by atoms with Crippen molar-refractivity contribution in [1.82, 2.24) is 0 Å². The zero-order valence-electron chi connectivity index (χ0n) is 23.3. The predicted molar refractivity (Wildman–Crippen MR) is 122 cm³/mol. The number of rotatable bonds is 4. The second-order valence-electron chi connectivity index (χ2n) is 9.12. The van der Waals surface area contributed by atoms with E-state index in [1.165, 1.54) is 0 Å². The summed E-state index contributed by atoms with van der Waals surface area (Å²) in [4.78, 5) is 0. The topological polar surface area (TPSA) is 20.2 Å². The van der Waals surface area contributed by atoms with Crippen molar-refractivity contribution >= 4 is 28.0 Å². The molecule has 0 saturated heterocycles. The van der Waals surface area contributed by atoms with Crippen LogP contribution in [0.4, 0.5) is 87.8 Å². The molecule has 0 spiro atoms. The maximum absolute atomic E-state index is 15.4. The zero-order chi connectivity index (χ0) is 37.1. The SMILES string of the molecule is CCO.Fc1c(F)c(F)c([B-](c2c(F)c(F)c(F)c(F)c2F)(c2c(F)c(F)c(F)c(F)c2F)c2c(F)c(F)c(F)c(F)c2F)c(F)c1F.[Li+]. The first-order valence-electron chi connectivity index (χ1n) is 12.0. The number of halogens is 20. The number of aliphatic hydroxyl groups is 1.